The van der Waals surface area contributed by atoms with Gasteiger partial charge in [-0.1, -0.05) is 0 Å². The molecule has 2 rings (SSSR count). The maximum Gasteiger partial charge on any atom is 0.0794 e. The van der Waals surface area contributed by atoms with E-state index in [2.05, 4.69) is 15.5 Å². The van der Waals surface area contributed by atoms with Crippen molar-refractivity contribution in [3.8, 4) is 0 Å². The summed E-state index contributed by atoms with van der Waals surface area (Å²) >= 11 is 0. The largest absolute Gasteiger partial charge is 0.330 e. The van der Waals surface area contributed by atoms with E-state index in [-0.39, 0.29) is 0 Å². The average Bonchev–Trinajstić information content (AvgIpc) is 2.68. The van der Waals surface area contributed by atoms with E-state index in [0.29, 0.717) is 0 Å². The highest BCUT2D eigenvalue weighted by molar-refractivity contribution is 5.27. The molecule has 1 aliphatic rings. The maximum absolute atomic E-state index is 5.44. The zero-order valence-electron chi connectivity index (χ0n) is 9.18. The van der Waals surface area contributed by atoms with Gasteiger partial charge in [-0.3, -0.25) is 5.10 Å². The van der Waals surface area contributed by atoms with Gasteiger partial charge in [-0.05, 0) is 50.8 Å². The zero-order valence-corrected chi connectivity index (χ0v) is 9.18. The molecule has 4 heteroatoms. The van der Waals surface area contributed by atoms with Crippen LogP contribution in [0.4, 0.5) is 0 Å². The Bertz CT molecular complexity index is 306. The Morgan fingerprint density at radius 3 is 3.07 bits per heavy atom. The third-order valence-corrected chi connectivity index (χ3v) is 2.99. The van der Waals surface area contributed by atoms with Gasteiger partial charge in [0.2, 0.25) is 0 Å². The normalized spacial score (nSPS) is 15.3. The number of fused-ring (bicyclic) bond motifs is 1. The molecule has 4 nitrogen and oxygen atoms in total. The molecule has 4 N–H and O–H groups in total. The van der Waals surface area contributed by atoms with Crippen molar-refractivity contribution >= 4 is 0 Å². The lowest BCUT2D eigenvalue weighted by Crippen LogP contribution is -2.19. The molecule has 0 saturated carbocycles. The first-order valence-corrected chi connectivity index (χ1v) is 5.87. The molecular formula is C11H20N4. The average molecular weight is 208 g/mol. The minimum Gasteiger partial charge on any atom is -0.330 e. The summed E-state index contributed by atoms with van der Waals surface area (Å²) in [5, 5.41) is 10.9. The molecule has 0 aromatic carbocycles. The van der Waals surface area contributed by atoms with Crippen LogP contribution < -0.4 is 11.1 Å². The monoisotopic (exact) mass is 208 g/mol. The maximum atomic E-state index is 5.44. The van der Waals surface area contributed by atoms with Gasteiger partial charge >= 0.3 is 0 Å². The molecule has 0 fully saturated rings. The first kappa shape index (κ1) is 10.6. The number of nitrogens with zero attached hydrogens (tertiary/aromatic N) is 1. The highest BCUT2D eigenvalue weighted by Gasteiger charge is 2.15. The van der Waals surface area contributed by atoms with E-state index in [9.17, 15) is 0 Å². The molecule has 1 aliphatic carbocycles. The Morgan fingerprint density at radius 1 is 1.33 bits per heavy atom. The van der Waals surface area contributed by atoms with Crippen molar-refractivity contribution in [2.45, 2.75) is 38.6 Å². The standard InChI is InChI=1S/C11H20N4/c12-6-3-7-13-8-11-9-4-1-2-5-10(9)14-15-11/h13H,1-8,12H2,(H,14,15). The molecule has 84 valence electrons. The van der Waals surface area contributed by atoms with Gasteiger partial charge < -0.3 is 11.1 Å². The number of H-pyrrole nitrogens is 1. The number of rotatable bonds is 5. The third kappa shape index (κ3) is 2.58. The van der Waals surface area contributed by atoms with Gasteiger partial charge in [0.25, 0.3) is 0 Å². The molecule has 1 heterocycles. The Labute approximate surface area is 90.6 Å². The Kier molecular flexibility index (Phi) is 3.75. The summed E-state index contributed by atoms with van der Waals surface area (Å²) in [6.07, 6.45) is 6.01. The second kappa shape index (κ2) is 5.28. The van der Waals surface area contributed by atoms with Crippen molar-refractivity contribution in [2.75, 3.05) is 13.1 Å². The SMILES string of the molecule is NCCCNCc1n[nH]c2c1CCCC2. The van der Waals surface area contributed by atoms with Crippen molar-refractivity contribution in [2.24, 2.45) is 5.73 Å². The summed E-state index contributed by atoms with van der Waals surface area (Å²) in [4.78, 5) is 0. The Balaban J connectivity index is 1.88. The van der Waals surface area contributed by atoms with E-state index in [1.807, 2.05) is 0 Å². The van der Waals surface area contributed by atoms with Gasteiger partial charge in [0, 0.05) is 12.2 Å². The van der Waals surface area contributed by atoms with E-state index in [0.717, 1.165) is 26.1 Å². The van der Waals surface area contributed by atoms with E-state index in [1.54, 1.807) is 0 Å². The van der Waals surface area contributed by atoms with Crippen molar-refractivity contribution in [3.05, 3.63) is 17.0 Å². The number of nitrogens with two attached hydrogens (primary N) is 1. The van der Waals surface area contributed by atoms with Crippen LogP contribution in [0.1, 0.15) is 36.2 Å². The number of nitrogens with one attached hydrogen (secondary N) is 2. The second-order valence-corrected chi connectivity index (χ2v) is 4.15. The molecule has 0 unspecified atom stereocenters. The van der Waals surface area contributed by atoms with Crippen LogP contribution >= 0.6 is 0 Å². The van der Waals surface area contributed by atoms with Crippen molar-refractivity contribution < 1.29 is 0 Å². The summed E-state index contributed by atoms with van der Waals surface area (Å²) in [5.74, 6) is 0. The van der Waals surface area contributed by atoms with Crippen LogP contribution in [0.25, 0.3) is 0 Å². The number of aromatic nitrogens is 2. The number of aryl methyl sites for hydroxylation is 1. The fourth-order valence-electron chi connectivity index (χ4n) is 2.13. The van der Waals surface area contributed by atoms with Gasteiger partial charge in [-0.25, -0.2) is 0 Å². The quantitative estimate of drug-likeness (QED) is 0.625. The topological polar surface area (TPSA) is 66.7 Å². The van der Waals surface area contributed by atoms with Crippen LogP contribution in [0.5, 0.6) is 0 Å². The summed E-state index contributed by atoms with van der Waals surface area (Å²) in [6, 6.07) is 0. The van der Waals surface area contributed by atoms with E-state index in [4.69, 9.17) is 5.73 Å². The molecule has 0 amide bonds. The lowest BCUT2D eigenvalue weighted by Gasteiger charge is -2.11. The van der Waals surface area contributed by atoms with E-state index < -0.39 is 0 Å². The summed E-state index contributed by atoms with van der Waals surface area (Å²) in [5.41, 5.74) is 9.46. The van der Waals surface area contributed by atoms with Crippen LogP contribution in [-0.2, 0) is 19.4 Å². The van der Waals surface area contributed by atoms with Crippen LogP contribution in [0.15, 0.2) is 0 Å². The van der Waals surface area contributed by atoms with Gasteiger partial charge in [0.05, 0.1) is 5.69 Å². The van der Waals surface area contributed by atoms with Crippen molar-refractivity contribution in [1.82, 2.24) is 15.5 Å². The van der Waals surface area contributed by atoms with Gasteiger partial charge in [0.15, 0.2) is 0 Å². The molecule has 0 atom stereocenters. The van der Waals surface area contributed by atoms with E-state index in [1.165, 1.54) is 42.6 Å². The van der Waals surface area contributed by atoms with Crippen LogP contribution in [-0.4, -0.2) is 23.3 Å². The van der Waals surface area contributed by atoms with Crippen LogP contribution in [0, 0.1) is 0 Å². The fraction of sp³-hybridized carbons (Fsp3) is 0.727. The molecule has 1 aromatic heterocycles. The first-order chi connectivity index (χ1) is 7.42. The third-order valence-electron chi connectivity index (χ3n) is 2.99. The minimum absolute atomic E-state index is 0.756. The predicted molar refractivity (Wildman–Crippen MR) is 60.6 cm³/mol. The second-order valence-electron chi connectivity index (χ2n) is 4.15. The first-order valence-electron chi connectivity index (χ1n) is 5.87. The molecule has 15 heavy (non-hydrogen) atoms. The number of hydrogen-bond donors (Lipinski definition) is 3. The summed E-state index contributed by atoms with van der Waals surface area (Å²) < 4.78 is 0. The highest BCUT2D eigenvalue weighted by Crippen LogP contribution is 2.21. The molecule has 0 aliphatic heterocycles. The highest BCUT2D eigenvalue weighted by atomic mass is 15.1. The zero-order chi connectivity index (χ0) is 10.5. The fourth-order valence-corrected chi connectivity index (χ4v) is 2.13. The molecule has 0 saturated heterocycles. The van der Waals surface area contributed by atoms with Gasteiger partial charge in [-0.2, -0.15) is 5.10 Å². The Hall–Kier alpha value is -0.870. The molecule has 1 aromatic rings. The Morgan fingerprint density at radius 2 is 2.20 bits per heavy atom. The summed E-state index contributed by atoms with van der Waals surface area (Å²) in [7, 11) is 0. The molecule has 0 spiro atoms. The lowest BCUT2D eigenvalue weighted by atomic mass is 9.96. The molecular weight excluding hydrogens is 188 g/mol. The van der Waals surface area contributed by atoms with Crippen molar-refractivity contribution in [3.63, 3.8) is 0 Å². The van der Waals surface area contributed by atoms with Crippen LogP contribution in [0.3, 0.4) is 0 Å². The van der Waals surface area contributed by atoms with Crippen molar-refractivity contribution in [1.29, 1.82) is 0 Å². The molecule has 0 radical (unpaired) electrons. The number of hydrogen-bond acceptors (Lipinski definition) is 3. The molecule has 0 bridgehead atoms. The lowest BCUT2D eigenvalue weighted by molar-refractivity contribution is 0.634. The van der Waals surface area contributed by atoms with Gasteiger partial charge in [-0.15, -0.1) is 0 Å². The minimum atomic E-state index is 0.756. The smallest absolute Gasteiger partial charge is 0.0794 e. The number of aromatic amines is 1. The van der Waals surface area contributed by atoms with E-state index >= 15 is 0 Å². The van der Waals surface area contributed by atoms with Crippen LogP contribution in [0.2, 0.25) is 0 Å². The van der Waals surface area contributed by atoms with Gasteiger partial charge in [0.1, 0.15) is 0 Å². The summed E-state index contributed by atoms with van der Waals surface area (Å²) in [6.45, 7) is 2.62. The predicted octanol–water partition coefficient (Wildman–Crippen LogP) is 0.727.